The normalized spacial score (nSPS) is 19.3. The van der Waals surface area contributed by atoms with Gasteiger partial charge in [0.15, 0.2) is 0 Å². The Labute approximate surface area is 115 Å². The quantitative estimate of drug-likeness (QED) is 0.597. The van der Waals surface area contributed by atoms with Crippen LogP contribution in [0.3, 0.4) is 0 Å². The van der Waals surface area contributed by atoms with E-state index in [4.69, 9.17) is 10.2 Å². The molecule has 0 aromatic rings. The van der Waals surface area contributed by atoms with Crippen LogP contribution >= 0.6 is 0 Å². The summed E-state index contributed by atoms with van der Waals surface area (Å²) in [6.07, 6.45) is 1.57. The molecular weight excluding hydrogens is 268 g/mol. The lowest BCUT2D eigenvalue weighted by Gasteiger charge is -2.33. The Morgan fingerprint density at radius 3 is 2.25 bits per heavy atom. The zero-order chi connectivity index (χ0) is 15.5. The average Bonchev–Trinajstić information content (AvgIpc) is 2.37. The third-order valence-corrected chi connectivity index (χ3v) is 3.20. The van der Waals surface area contributed by atoms with Crippen molar-refractivity contribution in [1.29, 1.82) is 0 Å². The van der Waals surface area contributed by atoms with E-state index in [1.54, 1.807) is 0 Å². The first-order valence-corrected chi connectivity index (χ1v) is 6.26. The third kappa shape index (κ3) is 3.46. The molecule has 1 heterocycles. The highest BCUT2D eigenvalue weighted by atomic mass is 16.4. The van der Waals surface area contributed by atoms with Gasteiger partial charge >= 0.3 is 23.8 Å². The van der Waals surface area contributed by atoms with E-state index in [2.05, 4.69) is 5.32 Å². The summed E-state index contributed by atoms with van der Waals surface area (Å²) in [5, 5.41) is 20.0. The maximum absolute atomic E-state index is 12.0. The van der Waals surface area contributed by atoms with Gasteiger partial charge in [0, 0.05) is 6.54 Å². The number of amides is 2. The maximum Gasteiger partial charge on any atom is 0.328 e. The van der Waals surface area contributed by atoms with Gasteiger partial charge in [-0.15, -0.1) is 0 Å². The number of nitrogens with zero attached hydrogens (tertiary/aromatic N) is 1. The Kier molecular flexibility index (Phi) is 4.69. The smallest absolute Gasteiger partial charge is 0.328 e. The van der Waals surface area contributed by atoms with E-state index in [9.17, 15) is 19.2 Å². The third-order valence-electron chi connectivity index (χ3n) is 3.20. The van der Waals surface area contributed by atoms with Crippen molar-refractivity contribution < 1.29 is 29.4 Å². The predicted octanol–water partition coefficient (Wildman–Crippen LogP) is -0.568. The van der Waals surface area contributed by atoms with Crippen LogP contribution in [-0.2, 0) is 19.2 Å². The second kappa shape index (κ2) is 5.89. The second-order valence-electron chi connectivity index (χ2n) is 5.23. The van der Waals surface area contributed by atoms with Crippen LogP contribution in [0.2, 0.25) is 0 Å². The van der Waals surface area contributed by atoms with Crippen LogP contribution in [0, 0.1) is 0 Å². The first kappa shape index (κ1) is 15.9. The number of rotatable bonds is 3. The van der Waals surface area contributed by atoms with Gasteiger partial charge in [-0.05, 0) is 33.1 Å². The number of hydrogen-bond acceptors (Lipinski definition) is 4. The molecule has 0 aliphatic carbocycles. The summed E-state index contributed by atoms with van der Waals surface area (Å²) in [6, 6.07) is -1.03. The molecule has 0 aromatic carbocycles. The summed E-state index contributed by atoms with van der Waals surface area (Å²) in [6.45, 7) is 2.66. The summed E-state index contributed by atoms with van der Waals surface area (Å²) >= 11 is 0. The number of piperidine rings is 1. The first-order valence-electron chi connectivity index (χ1n) is 6.26. The minimum absolute atomic E-state index is 0.177. The lowest BCUT2D eigenvalue weighted by molar-refractivity contribution is -0.158. The molecule has 20 heavy (non-hydrogen) atoms. The first-order chi connectivity index (χ1) is 9.16. The van der Waals surface area contributed by atoms with Crippen LogP contribution < -0.4 is 5.32 Å². The van der Waals surface area contributed by atoms with Gasteiger partial charge in [-0.25, -0.2) is 9.59 Å². The number of aliphatic carboxylic acids is 2. The van der Waals surface area contributed by atoms with Gasteiger partial charge in [0.05, 0.1) is 0 Å². The SMILES string of the molecule is CC(C)(NC(=O)C(=O)N1CCCC[C@H]1C(=O)O)C(=O)O. The van der Waals surface area contributed by atoms with Gasteiger partial charge in [0.1, 0.15) is 11.6 Å². The van der Waals surface area contributed by atoms with E-state index in [0.29, 0.717) is 12.8 Å². The second-order valence-corrected chi connectivity index (χ2v) is 5.23. The number of carbonyl (C=O) groups is 4. The predicted molar refractivity (Wildman–Crippen MR) is 66.8 cm³/mol. The van der Waals surface area contributed by atoms with Crippen LogP contribution in [0.4, 0.5) is 0 Å². The molecule has 1 atom stereocenters. The van der Waals surface area contributed by atoms with Crippen LogP contribution in [0.1, 0.15) is 33.1 Å². The Morgan fingerprint density at radius 1 is 1.15 bits per heavy atom. The van der Waals surface area contributed by atoms with Crippen LogP contribution in [0.15, 0.2) is 0 Å². The molecule has 0 unspecified atom stereocenters. The highest BCUT2D eigenvalue weighted by molar-refractivity contribution is 6.35. The molecule has 1 aliphatic rings. The van der Waals surface area contributed by atoms with Crippen molar-refractivity contribution in [1.82, 2.24) is 10.2 Å². The number of nitrogens with one attached hydrogen (secondary N) is 1. The van der Waals surface area contributed by atoms with Crippen molar-refractivity contribution in [2.24, 2.45) is 0 Å². The van der Waals surface area contributed by atoms with E-state index in [1.165, 1.54) is 13.8 Å². The molecule has 1 rings (SSSR count). The molecule has 0 bridgehead atoms. The summed E-state index contributed by atoms with van der Waals surface area (Å²) in [5.41, 5.74) is -1.60. The van der Waals surface area contributed by atoms with E-state index < -0.39 is 35.3 Å². The van der Waals surface area contributed by atoms with Gasteiger partial charge in [0.2, 0.25) is 0 Å². The summed E-state index contributed by atoms with van der Waals surface area (Å²) in [7, 11) is 0. The molecule has 0 spiro atoms. The fraction of sp³-hybridized carbons (Fsp3) is 0.667. The number of carboxylic acid groups (broad SMARTS) is 2. The average molecular weight is 286 g/mol. The van der Waals surface area contributed by atoms with Crippen molar-refractivity contribution in [3.63, 3.8) is 0 Å². The van der Waals surface area contributed by atoms with E-state index >= 15 is 0 Å². The molecule has 3 N–H and O–H groups in total. The monoisotopic (exact) mass is 286 g/mol. The fourth-order valence-corrected chi connectivity index (χ4v) is 1.95. The minimum atomic E-state index is -1.60. The Morgan fingerprint density at radius 2 is 1.75 bits per heavy atom. The maximum atomic E-state index is 12.0. The molecule has 0 aromatic heterocycles. The molecule has 0 radical (unpaired) electrons. The number of likely N-dealkylation sites (tertiary alicyclic amines) is 1. The largest absolute Gasteiger partial charge is 0.480 e. The zero-order valence-electron chi connectivity index (χ0n) is 11.4. The molecule has 8 heteroatoms. The molecule has 112 valence electrons. The number of carboxylic acids is 2. The van der Waals surface area contributed by atoms with Gasteiger partial charge in [-0.1, -0.05) is 0 Å². The van der Waals surface area contributed by atoms with Crippen molar-refractivity contribution in [3.8, 4) is 0 Å². The van der Waals surface area contributed by atoms with Crippen molar-refractivity contribution in [3.05, 3.63) is 0 Å². The fourth-order valence-electron chi connectivity index (χ4n) is 1.95. The summed E-state index contributed by atoms with van der Waals surface area (Å²) < 4.78 is 0. The standard InChI is InChI=1S/C12H18N2O6/c1-12(2,11(19)20)13-8(15)9(16)14-6-4-3-5-7(14)10(17)18/h7H,3-6H2,1-2H3,(H,13,15)(H,17,18)(H,19,20)/t7-/m0/s1. The molecular formula is C12H18N2O6. The zero-order valence-corrected chi connectivity index (χ0v) is 11.4. The van der Waals surface area contributed by atoms with Gasteiger partial charge in [0.25, 0.3) is 0 Å². The summed E-state index contributed by atoms with van der Waals surface area (Å²) in [5.74, 6) is -4.56. The van der Waals surface area contributed by atoms with E-state index in [-0.39, 0.29) is 13.0 Å². The molecule has 2 amide bonds. The molecule has 0 saturated carbocycles. The minimum Gasteiger partial charge on any atom is -0.480 e. The Hall–Kier alpha value is -2.12. The van der Waals surface area contributed by atoms with Crippen LogP contribution in [0.5, 0.6) is 0 Å². The van der Waals surface area contributed by atoms with Crippen LogP contribution in [-0.4, -0.2) is 57.0 Å². The van der Waals surface area contributed by atoms with Crippen molar-refractivity contribution in [2.75, 3.05) is 6.54 Å². The molecule has 1 saturated heterocycles. The Bertz CT molecular complexity index is 445. The van der Waals surface area contributed by atoms with Crippen molar-refractivity contribution in [2.45, 2.75) is 44.7 Å². The summed E-state index contributed by atoms with van der Waals surface area (Å²) in [4.78, 5) is 46.7. The van der Waals surface area contributed by atoms with E-state index in [0.717, 1.165) is 4.90 Å². The topological polar surface area (TPSA) is 124 Å². The van der Waals surface area contributed by atoms with Gasteiger partial charge in [-0.3, -0.25) is 9.59 Å². The molecule has 8 nitrogen and oxygen atoms in total. The highest BCUT2D eigenvalue weighted by Crippen LogP contribution is 2.17. The Balaban J connectivity index is 2.80. The van der Waals surface area contributed by atoms with Gasteiger partial charge < -0.3 is 20.4 Å². The lowest BCUT2D eigenvalue weighted by Crippen LogP contribution is -2.58. The highest BCUT2D eigenvalue weighted by Gasteiger charge is 2.38. The van der Waals surface area contributed by atoms with E-state index in [1.807, 2.05) is 0 Å². The number of hydrogen-bond donors (Lipinski definition) is 3. The number of carbonyl (C=O) groups excluding carboxylic acids is 2. The lowest BCUT2D eigenvalue weighted by atomic mass is 10.0. The molecule has 1 aliphatic heterocycles. The van der Waals surface area contributed by atoms with Gasteiger partial charge in [-0.2, -0.15) is 0 Å². The molecule has 1 fully saturated rings. The van der Waals surface area contributed by atoms with Crippen LogP contribution in [0.25, 0.3) is 0 Å². The van der Waals surface area contributed by atoms with Crippen molar-refractivity contribution >= 4 is 23.8 Å².